The van der Waals surface area contributed by atoms with Gasteiger partial charge in [-0.25, -0.2) is 0 Å². The number of anilines is 1. The highest BCUT2D eigenvalue weighted by Gasteiger charge is 1.96. The van der Waals surface area contributed by atoms with Gasteiger partial charge in [0.25, 0.3) is 0 Å². The van der Waals surface area contributed by atoms with Crippen molar-refractivity contribution >= 4 is 18.1 Å². The number of nitrogens with one attached hydrogen (secondary N) is 1. The fourth-order valence-electron chi connectivity index (χ4n) is 0.679. The minimum atomic E-state index is -0.105. The Morgan fingerprint density at radius 3 is 2.27 bits per heavy atom. The molecule has 4 heteroatoms. The van der Waals surface area contributed by atoms with E-state index in [1.54, 1.807) is 13.1 Å². The molecule has 0 fully saturated rings. The van der Waals surface area contributed by atoms with Crippen LogP contribution in [0, 0.1) is 0 Å². The Morgan fingerprint density at radius 1 is 1.18 bits per heavy atom. The van der Waals surface area contributed by atoms with E-state index in [1.807, 2.05) is 0 Å². The third-order valence-corrected chi connectivity index (χ3v) is 1.26. The molecule has 0 aromatic heterocycles. The quantitative estimate of drug-likeness (QED) is 0.449. The Balaban J connectivity index is 0.000001000. The van der Waals surface area contributed by atoms with E-state index in [-0.39, 0.29) is 23.9 Å². The van der Waals surface area contributed by atoms with E-state index in [2.05, 4.69) is 5.32 Å². The van der Waals surface area contributed by atoms with Crippen LogP contribution in [0.4, 0.5) is 5.69 Å². The standard InChI is InChI=1S/C7H9NO2.ClH/c1-8-5-2-3-6(9)7(10)4-5;/h2-4,8-10H,1H3;1H. The van der Waals surface area contributed by atoms with Crippen molar-refractivity contribution in [3.05, 3.63) is 18.2 Å². The lowest BCUT2D eigenvalue weighted by atomic mass is 10.3. The molecule has 0 heterocycles. The molecule has 0 atom stereocenters. The molecule has 0 aliphatic rings. The average molecular weight is 176 g/mol. The largest absolute Gasteiger partial charge is 0.504 e. The number of aromatic hydroxyl groups is 2. The zero-order chi connectivity index (χ0) is 7.56. The molecule has 0 saturated heterocycles. The first-order valence-electron chi connectivity index (χ1n) is 2.94. The third kappa shape index (κ3) is 2.20. The number of phenolic OH excluding ortho intramolecular Hbond substituents is 2. The van der Waals surface area contributed by atoms with Crippen LogP contribution in [-0.4, -0.2) is 17.3 Å². The zero-order valence-electron chi connectivity index (χ0n) is 6.03. The van der Waals surface area contributed by atoms with Crippen molar-refractivity contribution < 1.29 is 10.2 Å². The normalized spacial score (nSPS) is 8.45. The number of halogens is 1. The van der Waals surface area contributed by atoms with Crippen LogP contribution in [-0.2, 0) is 0 Å². The molecule has 3 N–H and O–H groups in total. The van der Waals surface area contributed by atoms with Gasteiger partial charge in [0, 0.05) is 18.8 Å². The van der Waals surface area contributed by atoms with Crippen LogP contribution in [0.25, 0.3) is 0 Å². The van der Waals surface area contributed by atoms with E-state index in [4.69, 9.17) is 10.2 Å². The van der Waals surface area contributed by atoms with Crippen molar-refractivity contribution in [1.82, 2.24) is 0 Å². The molecule has 0 aliphatic carbocycles. The Labute approximate surface area is 71.1 Å². The predicted octanol–water partition coefficient (Wildman–Crippen LogP) is 1.56. The zero-order valence-corrected chi connectivity index (χ0v) is 6.85. The van der Waals surface area contributed by atoms with Crippen molar-refractivity contribution in [3.63, 3.8) is 0 Å². The van der Waals surface area contributed by atoms with Gasteiger partial charge in [-0.05, 0) is 12.1 Å². The molecule has 62 valence electrons. The van der Waals surface area contributed by atoms with Gasteiger partial charge in [-0.2, -0.15) is 0 Å². The van der Waals surface area contributed by atoms with Gasteiger partial charge >= 0.3 is 0 Å². The number of hydrogen-bond donors (Lipinski definition) is 3. The van der Waals surface area contributed by atoms with Crippen molar-refractivity contribution in [2.45, 2.75) is 0 Å². The highest BCUT2D eigenvalue weighted by molar-refractivity contribution is 5.85. The summed E-state index contributed by atoms with van der Waals surface area (Å²) >= 11 is 0. The van der Waals surface area contributed by atoms with Gasteiger partial charge in [-0.1, -0.05) is 0 Å². The average Bonchev–Trinajstić information content (AvgIpc) is 1.95. The Kier molecular flexibility index (Phi) is 3.54. The summed E-state index contributed by atoms with van der Waals surface area (Å²) in [5.74, 6) is -0.203. The fraction of sp³-hybridized carbons (Fsp3) is 0.143. The topological polar surface area (TPSA) is 52.5 Å². The summed E-state index contributed by atoms with van der Waals surface area (Å²) in [5.41, 5.74) is 0.773. The lowest BCUT2D eigenvalue weighted by molar-refractivity contribution is 0.404. The first kappa shape index (κ1) is 9.91. The minimum absolute atomic E-state index is 0. The molecule has 11 heavy (non-hydrogen) atoms. The van der Waals surface area contributed by atoms with Crippen molar-refractivity contribution in [1.29, 1.82) is 0 Å². The van der Waals surface area contributed by atoms with E-state index in [0.717, 1.165) is 5.69 Å². The smallest absolute Gasteiger partial charge is 0.159 e. The monoisotopic (exact) mass is 175 g/mol. The highest BCUT2D eigenvalue weighted by Crippen LogP contribution is 2.26. The van der Waals surface area contributed by atoms with Crippen LogP contribution in [0.1, 0.15) is 0 Å². The second kappa shape index (κ2) is 3.93. The first-order chi connectivity index (χ1) is 4.74. The van der Waals surface area contributed by atoms with Crippen LogP contribution in [0.15, 0.2) is 18.2 Å². The van der Waals surface area contributed by atoms with Gasteiger partial charge in [0.2, 0.25) is 0 Å². The maximum atomic E-state index is 8.94. The number of hydrogen-bond acceptors (Lipinski definition) is 3. The molecule has 0 saturated carbocycles. The maximum Gasteiger partial charge on any atom is 0.159 e. The molecule has 3 nitrogen and oxygen atoms in total. The van der Waals surface area contributed by atoms with Crippen molar-refractivity contribution in [3.8, 4) is 11.5 Å². The Hall–Kier alpha value is -1.09. The van der Waals surface area contributed by atoms with Gasteiger partial charge < -0.3 is 15.5 Å². The predicted molar refractivity (Wildman–Crippen MR) is 46.6 cm³/mol. The molecular formula is C7H10ClNO2. The maximum absolute atomic E-state index is 8.94. The van der Waals surface area contributed by atoms with E-state index in [1.165, 1.54) is 12.1 Å². The van der Waals surface area contributed by atoms with Gasteiger partial charge in [0.05, 0.1) is 0 Å². The molecule has 0 spiro atoms. The Bertz CT molecular complexity index is 240. The molecule has 0 aliphatic heterocycles. The lowest BCUT2D eigenvalue weighted by Gasteiger charge is -2.00. The summed E-state index contributed by atoms with van der Waals surface area (Å²) in [6.45, 7) is 0. The highest BCUT2D eigenvalue weighted by atomic mass is 35.5. The second-order valence-electron chi connectivity index (χ2n) is 1.95. The number of benzene rings is 1. The molecule has 0 amide bonds. The van der Waals surface area contributed by atoms with Crippen molar-refractivity contribution in [2.75, 3.05) is 12.4 Å². The fourth-order valence-corrected chi connectivity index (χ4v) is 0.679. The minimum Gasteiger partial charge on any atom is -0.504 e. The molecule has 1 aromatic rings. The SMILES string of the molecule is CNc1ccc(O)c(O)c1.Cl. The first-order valence-corrected chi connectivity index (χ1v) is 2.94. The van der Waals surface area contributed by atoms with Crippen LogP contribution in [0.2, 0.25) is 0 Å². The van der Waals surface area contributed by atoms with Crippen LogP contribution >= 0.6 is 12.4 Å². The molecule has 0 unspecified atom stereocenters. The van der Waals surface area contributed by atoms with E-state index in [9.17, 15) is 0 Å². The number of rotatable bonds is 1. The van der Waals surface area contributed by atoms with Crippen LogP contribution in [0.3, 0.4) is 0 Å². The van der Waals surface area contributed by atoms with Crippen LogP contribution in [0.5, 0.6) is 11.5 Å². The number of phenols is 2. The van der Waals surface area contributed by atoms with Gasteiger partial charge in [0.15, 0.2) is 11.5 Å². The summed E-state index contributed by atoms with van der Waals surface area (Å²) < 4.78 is 0. The summed E-state index contributed by atoms with van der Waals surface area (Å²) in [5, 5.41) is 20.6. The van der Waals surface area contributed by atoms with E-state index < -0.39 is 0 Å². The van der Waals surface area contributed by atoms with Gasteiger partial charge in [-0.15, -0.1) is 12.4 Å². The summed E-state index contributed by atoms with van der Waals surface area (Å²) in [4.78, 5) is 0. The molecular weight excluding hydrogens is 166 g/mol. The molecule has 0 radical (unpaired) electrons. The molecule has 0 bridgehead atoms. The second-order valence-corrected chi connectivity index (χ2v) is 1.95. The summed E-state index contributed by atoms with van der Waals surface area (Å²) in [7, 11) is 1.74. The summed E-state index contributed by atoms with van der Waals surface area (Å²) in [6.07, 6.45) is 0. The molecule has 1 rings (SSSR count). The molecule has 1 aromatic carbocycles. The summed E-state index contributed by atoms with van der Waals surface area (Å²) in [6, 6.07) is 4.56. The van der Waals surface area contributed by atoms with Gasteiger partial charge in [0.1, 0.15) is 0 Å². The van der Waals surface area contributed by atoms with E-state index in [0.29, 0.717) is 0 Å². The third-order valence-electron chi connectivity index (χ3n) is 1.26. The Morgan fingerprint density at radius 2 is 1.82 bits per heavy atom. The van der Waals surface area contributed by atoms with Crippen molar-refractivity contribution in [2.24, 2.45) is 0 Å². The van der Waals surface area contributed by atoms with Gasteiger partial charge in [-0.3, -0.25) is 0 Å². The lowest BCUT2D eigenvalue weighted by Crippen LogP contribution is -1.85. The van der Waals surface area contributed by atoms with E-state index >= 15 is 0 Å². The van der Waals surface area contributed by atoms with Crippen LogP contribution < -0.4 is 5.32 Å².